The molecular weight excluding hydrogens is 428 g/mol. The largest absolute Gasteiger partial charge is 0.507 e. The van der Waals surface area contributed by atoms with Gasteiger partial charge in [-0.25, -0.2) is 0 Å². The van der Waals surface area contributed by atoms with E-state index < -0.39 is 5.25 Å². The summed E-state index contributed by atoms with van der Waals surface area (Å²) in [7, 11) is 0. The SMILES string of the molecule is CCCCCCCCCCCCCCCCCCOC(=O)C(S)Cc1cc(C)c(O)c(C)c1. The Morgan fingerprint density at radius 2 is 1.18 bits per heavy atom. The third-order valence-corrected chi connectivity index (χ3v) is 6.89. The first-order chi connectivity index (χ1) is 16.0. The fraction of sp³-hybridized carbons (Fsp3) is 0.759. The summed E-state index contributed by atoms with van der Waals surface area (Å²) < 4.78 is 5.41. The first-order valence-electron chi connectivity index (χ1n) is 13.6. The zero-order valence-corrected chi connectivity index (χ0v) is 22.6. The van der Waals surface area contributed by atoms with Crippen molar-refractivity contribution >= 4 is 18.6 Å². The van der Waals surface area contributed by atoms with Crippen molar-refractivity contribution < 1.29 is 14.6 Å². The Kier molecular flexibility index (Phi) is 17.4. The topological polar surface area (TPSA) is 46.5 Å². The van der Waals surface area contributed by atoms with E-state index in [0.717, 1.165) is 29.5 Å². The van der Waals surface area contributed by atoms with Gasteiger partial charge in [0, 0.05) is 0 Å². The normalized spacial score (nSPS) is 12.1. The third kappa shape index (κ3) is 14.7. The monoisotopic (exact) mass is 478 g/mol. The molecule has 1 aromatic carbocycles. The smallest absolute Gasteiger partial charge is 0.319 e. The van der Waals surface area contributed by atoms with E-state index in [1.807, 2.05) is 26.0 Å². The van der Waals surface area contributed by atoms with Crippen molar-refractivity contribution in [2.24, 2.45) is 0 Å². The predicted molar refractivity (Wildman–Crippen MR) is 145 cm³/mol. The molecule has 33 heavy (non-hydrogen) atoms. The number of phenols is 1. The Hall–Kier alpha value is -1.16. The third-order valence-electron chi connectivity index (χ3n) is 6.49. The number of carbonyl (C=O) groups is 1. The summed E-state index contributed by atoms with van der Waals surface area (Å²) >= 11 is 4.43. The highest BCUT2D eigenvalue weighted by Crippen LogP contribution is 2.24. The first-order valence-corrected chi connectivity index (χ1v) is 14.1. The van der Waals surface area contributed by atoms with Crippen LogP contribution in [-0.2, 0) is 16.0 Å². The summed E-state index contributed by atoms with van der Waals surface area (Å²) in [6.07, 6.45) is 21.9. The quantitative estimate of drug-likeness (QED) is 0.112. The maximum atomic E-state index is 12.2. The summed E-state index contributed by atoms with van der Waals surface area (Å²) in [5, 5.41) is 9.41. The number of ether oxygens (including phenoxy) is 1. The average molecular weight is 479 g/mol. The Balaban J connectivity index is 1.92. The molecule has 0 bridgehead atoms. The van der Waals surface area contributed by atoms with Gasteiger partial charge < -0.3 is 9.84 Å². The van der Waals surface area contributed by atoms with Crippen molar-refractivity contribution in [1.82, 2.24) is 0 Å². The van der Waals surface area contributed by atoms with Crippen LogP contribution in [0.4, 0.5) is 0 Å². The summed E-state index contributed by atoms with van der Waals surface area (Å²) in [5.74, 6) is 0.0724. The van der Waals surface area contributed by atoms with Crippen molar-refractivity contribution in [3.05, 3.63) is 28.8 Å². The maximum Gasteiger partial charge on any atom is 0.319 e. The molecule has 0 heterocycles. The van der Waals surface area contributed by atoms with E-state index in [2.05, 4.69) is 19.6 Å². The molecule has 1 N–H and O–H groups in total. The lowest BCUT2D eigenvalue weighted by Crippen LogP contribution is -2.21. The number of carbonyl (C=O) groups excluding carboxylic acids is 1. The lowest BCUT2D eigenvalue weighted by molar-refractivity contribution is -0.143. The summed E-state index contributed by atoms with van der Waals surface area (Å²) in [5.41, 5.74) is 2.65. The van der Waals surface area contributed by atoms with E-state index in [0.29, 0.717) is 18.8 Å². The lowest BCUT2D eigenvalue weighted by atomic mass is 10.0. The van der Waals surface area contributed by atoms with E-state index in [9.17, 15) is 9.90 Å². The van der Waals surface area contributed by atoms with Crippen molar-refractivity contribution in [2.75, 3.05) is 6.61 Å². The van der Waals surface area contributed by atoms with Gasteiger partial charge in [0.25, 0.3) is 0 Å². The number of rotatable bonds is 20. The highest BCUT2D eigenvalue weighted by atomic mass is 32.1. The molecule has 0 fully saturated rings. The second-order valence-electron chi connectivity index (χ2n) is 9.77. The zero-order valence-electron chi connectivity index (χ0n) is 21.7. The average Bonchev–Trinajstić information content (AvgIpc) is 2.79. The number of unbranched alkanes of at least 4 members (excludes halogenated alkanes) is 15. The molecule has 0 amide bonds. The molecule has 0 saturated heterocycles. The van der Waals surface area contributed by atoms with E-state index in [4.69, 9.17) is 4.74 Å². The van der Waals surface area contributed by atoms with Gasteiger partial charge in [0.1, 0.15) is 11.0 Å². The van der Waals surface area contributed by atoms with Crippen LogP contribution < -0.4 is 0 Å². The van der Waals surface area contributed by atoms with E-state index in [1.54, 1.807) is 0 Å². The van der Waals surface area contributed by atoms with Gasteiger partial charge in [-0.3, -0.25) is 4.79 Å². The molecule has 0 aliphatic carbocycles. The summed E-state index contributed by atoms with van der Waals surface area (Å²) in [4.78, 5) is 12.2. The van der Waals surface area contributed by atoms with Crippen LogP contribution in [0.2, 0.25) is 0 Å². The Morgan fingerprint density at radius 3 is 1.61 bits per heavy atom. The van der Waals surface area contributed by atoms with E-state index >= 15 is 0 Å². The number of hydrogen-bond acceptors (Lipinski definition) is 4. The second-order valence-corrected chi connectivity index (χ2v) is 10.4. The fourth-order valence-corrected chi connectivity index (χ4v) is 4.67. The van der Waals surface area contributed by atoms with Crippen molar-refractivity contribution in [3.8, 4) is 5.75 Å². The van der Waals surface area contributed by atoms with E-state index in [1.165, 1.54) is 89.9 Å². The summed E-state index contributed by atoms with van der Waals surface area (Å²) in [6.45, 7) is 6.51. The second kappa shape index (κ2) is 19.2. The highest BCUT2D eigenvalue weighted by molar-refractivity contribution is 7.81. The van der Waals surface area contributed by atoms with Crippen LogP contribution >= 0.6 is 12.6 Å². The number of benzene rings is 1. The van der Waals surface area contributed by atoms with Crippen LogP contribution in [0.1, 0.15) is 126 Å². The van der Waals surface area contributed by atoms with Crippen LogP contribution in [0.3, 0.4) is 0 Å². The molecule has 4 heteroatoms. The van der Waals surface area contributed by atoms with Crippen LogP contribution in [0, 0.1) is 13.8 Å². The maximum absolute atomic E-state index is 12.2. The molecule has 1 aromatic rings. The lowest BCUT2D eigenvalue weighted by Gasteiger charge is -2.13. The molecular formula is C29H50O3S. The van der Waals surface area contributed by atoms with Gasteiger partial charge in [0.2, 0.25) is 0 Å². The van der Waals surface area contributed by atoms with Gasteiger partial charge in [0.05, 0.1) is 6.61 Å². The highest BCUT2D eigenvalue weighted by Gasteiger charge is 2.17. The molecule has 1 atom stereocenters. The number of aromatic hydroxyl groups is 1. The summed E-state index contributed by atoms with van der Waals surface area (Å²) in [6, 6.07) is 3.82. The van der Waals surface area contributed by atoms with E-state index in [-0.39, 0.29) is 5.97 Å². The van der Waals surface area contributed by atoms with Gasteiger partial charge in [-0.1, -0.05) is 115 Å². The molecule has 0 aromatic heterocycles. The minimum atomic E-state index is -0.464. The van der Waals surface area contributed by atoms with Gasteiger partial charge in [-0.15, -0.1) is 0 Å². The van der Waals surface area contributed by atoms with Crippen molar-refractivity contribution in [1.29, 1.82) is 0 Å². The van der Waals surface area contributed by atoms with Crippen molar-refractivity contribution in [3.63, 3.8) is 0 Å². The number of thiol groups is 1. The Bertz CT molecular complexity index is 621. The molecule has 1 rings (SSSR count). The van der Waals surface area contributed by atoms with Gasteiger partial charge in [0.15, 0.2) is 0 Å². The minimum Gasteiger partial charge on any atom is -0.507 e. The molecule has 190 valence electrons. The standard InChI is InChI=1S/C29H50O3S/c1-4-5-6-7-8-9-10-11-12-13-14-15-16-17-18-19-20-32-29(31)27(33)23-26-21-24(2)28(30)25(3)22-26/h21-22,27,30,33H,4-20,23H2,1-3H3. The van der Waals surface area contributed by atoms with Gasteiger partial charge in [-0.2, -0.15) is 12.6 Å². The van der Waals surface area contributed by atoms with Crippen LogP contribution in [0.15, 0.2) is 12.1 Å². The first kappa shape index (κ1) is 29.9. The van der Waals surface area contributed by atoms with Gasteiger partial charge >= 0.3 is 5.97 Å². The van der Waals surface area contributed by atoms with Crippen LogP contribution in [0.25, 0.3) is 0 Å². The molecule has 3 nitrogen and oxygen atoms in total. The Morgan fingerprint density at radius 1 is 0.788 bits per heavy atom. The number of phenolic OH excluding ortho intramolecular Hbond substituents is 1. The molecule has 0 saturated carbocycles. The van der Waals surface area contributed by atoms with Crippen LogP contribution in [0.5, 0.6) is 5.75 Å². The number of hydrogen-bond donors (Lipinski definition) is 2. The number of aryl methyl sites for hydroxylation is 2. The predicted octanol–water partition coefficient (Wildman–Crippen LogP) is 8.65. The van der Waals surface area contributed by atoms with Crippen molar-refractivity contribution in [2.45, 2.75) is 135 Å². The minimum absolute atomic E-state index is 0.248. The molecule has 0 radical (unpaired) electrons. The fourth-order valence-electron chi connectivity index (χ4n) is 4.39. The number of esters is 1. The molecule has 0 aliphatic rings. The zero-order chi connectivity index (χ0) is 24.3. The van der Waals surface area contributed by atoms with Gasteiger partial charge in [-0.05, 0) is 43.4 Å². The molecule has 0 aliphatic heterocycles. The van der Waals surface area contributed by atoms with Crippen LogP contribution in [-0.4, -0.2) is 22.9 Å². The Labute approximate surface area is 209 Å². The molecule has 1 unspecified atom stereocenters. The molecule has 0 spiro atoms.